The van der Waals surface area contributed by atoms with Crippen LogP contribution >= 0.6 is 0 Å². The van der Waals surface area contributed by atoms with Gasteiger partial charge in [-0.25, -0.2) is 0 Å². The van der Waals surface area contributed by atoms with E-state index < -0.39 is 0 Å². The van der Waals surface area contributed by atoms with E-state index in [1.54, 1.807) is 6.20 Å². The Morgan fingerprint density at radius 1 is 0.824 bits per heavy atom. The van der Waals surface area contributed by atoms with E-state index in [2.05, 4.69) is 35.7 Å². The van der Waals surface area contributed by atoms with Gasteiger partial charge in [0.05, 0.1) is 6.42 Å². The number of nitrogens with one attached hydrogen (secondary N) is 2. The normalized spacial score (nSPS) is 13.5. The molecule has 0 unspecified atom stereocenters. The van der Waals surface area contributed by atoms with Gasteiger partial charge in [-0.05, 0) is 36.8 Å². The predicted molar refractivity (Wildman–Crippen MR) is 136 cm³/mol. The summed E-state index contributed by atoms with van der Waals surface area (Å²) < 4.78 is 0. The molecule has 2 aromatic carbocycles. The lowest BCUT2D eigenvalue weighted by Crippen LogP contribution is -2.00. The summed E-state index contributed by atoms with van der Waals surface area (Å²) in [7, 11) is 0. The van der Waals surface area contributed by atoms with E-state index in [-0.39, 0.29) is 11.6 Å². The average Bonchev–Trinajstić information content (AvgIpc) is 3.44. The lowest BCUT2D eigenvalue weighted by Gasteiger charge is -1.93. The minimum absolute atomic E-state index is 0.0513. The van der Waals surface area contributed by atoms with Crippen LogP contribution in [0.4, 0.5) is 0 Å². The van der Waals surface area contributed by atoms with Crippen LogP contribution in [-0.4, -0.2) is 27.7 Å². The molecule has 2 aromatic heterocycles. The second-order valence-electron chi connectivity index (χ2n) is 7.53. The quantitative estimate of drug-likeness (QED) is 0.277. The number of rotatable bonds is 3. The van der Waals surface area contributed by atoms with Crippen LogP contribution in [0.2, 0.25) is 0 Å². The highest BCUT2D eigenvalue weighted by Gasteiger charge is 2.16. The molecule has 7 nitrogen and oxygen atoms in total. The number of hydrogen-bond acceptors (Lipinski definition) is 3. The molecule has 0 atom stereocenters. The van der Waals surface area contributed by atoms with Gasteiger partial charge in [-0.2, -0.15) is 0 Å². The smallest absolute Gasteiger partial charge is 0.293 e. The number of fused-ring (bicyclic) bond motifs is 2. The molecule has 0 bridgehead atoms. The molecule has 0 spiro atoms. The molecule has 0 saturated heterocycles. The Hall–Kier alpha value is -5.01. The Morgan fingerprint density at radius 3 is 2.00 bits per heavy atom. The molecule has 0 saturated carbocycles. The zero-order valence-electron chi connectivity index (χ0n) is 18.4. The van der Waals surface area contributed by atoms with Gasteiger partial charge in [-0.3, -0.25) is 4.79 Å². The van der Waals surface area contributed by atoms with Crippen molar-refractivity contribution in [3.05, 3.63) is 113 Å². The standard InChI is InChI=1S/C18H13N5.C9H7NO/c1-12-10-14(23-18(20-3)17(19-2)22-12)9-8-13-11-21-16-7-5-4-6-15(13)16;11-6-7-5-10-9-4-2-1-3-8(7)9/h4-9,11,21H,10H2,1H3;1-6,10H. The Balaban J connectivity index is 0.000000207. The average molecular weight is 444 g/mol. The topological polar surface area (TPSA) is 82.1 Å². The van der Waals surface area contributed by atoms with Crippen LogP contribution in [0.15, 0.2) is 88.6 Å². The van der Waals surface area contributed by atoms with Gasteiger partial charge in [-0.1, -0.05) is 49.5 Å². The third kappa shape index (κ3) is 4.74. The van der Waals surface area contributed by atoms with E-state index in [0.29, 0.717) is 6.42 Å². The number of allylic oxidation sites excluding steroid dienone is 1. The van der Waals surface area contributed by atoms with Crippen LogP contribution in [0.3, 0.4) is 0 Å². The summed E-state index contributed by atoms with van der Waals surface area (Å²) in [5, 5.41) is 2.12. The zero-order chi connectivity index (χ0) is 23.9. The molecule has 7 heteroatoms. The first-order chi connectivity index (χ1) is 16.6. The second kappa shape index (κ2) is 10.1. The maximum atomic E-state index is 10.5. The molecule has 5 rings (SSSR count). The van der Waals surface area contributed by atoms with E-state index in [4.69, 9.17) is 13.1 Å². The molecule has 0 aliphatic carbocycles. The number of aromatic amines is 2. The number of carbonyl (C=O) groups is 1. The maximum absolute atomic E-state index is 10.5. The maximum Gasteiger partial charge on any atom is 0.293 e. The molecule has 2 N–H and O–H groups in total. The van der Waals surface area contributed by atoms with Crippen molar-refractivity contribution in [3.8, 4) is 0 Å². The summed E-state index contributed by atoms with van der Waals surface area (Å²) in [6, 6.07) is 15.8. The Bertz CT molecular complexity index is 1580. The Labute approximate surface area is 196 Å². The first-order valence-corrected chi connectivity index (χ1v) is 10.5. The molecule has 3 heterocycles. The van der Waals surface area contributed by atoms with Crippen molar-refractivity contribution >= 4 is 45.6 Å². The third-order valence-corrected chi connectivity index (χ3v) is 5.22. The minimum atomic E-state index is 0.0513. The molecule has 0 fully saturated rings. The molecule has 0 amide bonds. The van der Waals surface area contributed by atoms with Crippen molar-refractivity contribution in [2.24, 2.45) is 9.98 Å². The van der Waals surface area contributed by atoms with Gasteiger partial charge >= 0.3 is 0 Å². The summed E-state index contributed by atoms with van der Waals surface area (Å²) in [6.07, 6.45) is 8.89. The van der Waals surface area contributed by atoms with Crippen LogP contribution in [0.1, 0.15) is 29.3 Å². The number of benzene rings is 2. The fourth-order valence-electron chi connectivity index (χ4n) is 3.61. The van der Waals surface area contributed by atoms with Gasteiger partial charge in [0.15, 0.2) is 6.29 Å². The first kappa shape index (κ1) is 22.2. The van der Waals surface area contributed by atoms with Crippen molar-refractivity contribution in [3.63, 3.8) is 0 Å². The van der Waals surface area contributed by atoms with Crippen LogP contribution in [0, 0.1) is 13.1 Å². The van der Waals surface area contributed by atoms with Gasteiger partial charge < -0.3 is 19.7 Å². The Kier molecular flexibility index (Phi) is 6.58. The summed E-state index contributed by atoms with van der Waals surface area (Å²) in [4.78, 5) is 31.8. The van der Waals surface area contributed by atoms with Gasteiger partial charge in [0.2, 0.25) is 0 Å². The van der Waals surface area contributed by atoms with Gasteiger partial charge in [0, 0.05) is 39.8 Å². The highest BCUT2D eigenvalue weighted by Crippen LogP contribution is 2.21. The van der Waals surface area contributed by atoms with Gasteiger partial charge in [0.25, 0.3) is 11.6 Å². The molecule has 4 aromatic rings. The third-order valence-electron chi connectivity index (χ3n) is 5.22. The van der Waals surface area contributed by atoms with Crippen LogP contribution in [-0.2, 0) is 0 Å². The molecule has 1 aliphatic rings. The molecular weight excluding hydrogens is 424 g/mol. The van der Waals surface area contributed by atoms with E-state index in [9.17, 15) is 4.79 Å². The number of nitrogens with zero attached hydrogens (tertiary/aromatic N) is 4. The molecular formula is C27H20N6O. The molecule has 1 aliphatic heterocycles. The number of hydrogen-bond donors (Lipinski definition) is 2. The fourth-order valence-corrected chi connectivity index (χ4v) is 3.61. The van der Waals surface area contributed by atoms with Gasteiger partial charge in [-0.15, -0.1) is 9.98 Å². The van der Waals surface area contributed by atoms with E-state index in [1.807, 2.05) is 67.7 Å². The van der Waals surface area contributed by atoms with E-state index in [0.717, 1.165) is 50.6 Å². The highest BCUT2D eigenvalue weighted by molar-refractivity contribution is 6.12. The van der Waals surface area contributed by atoms with Crippen LogP contribution in [0.25, 0.3) is 37.6 Å². The summed E-state index contributed by atoms with van der Waals surface area (Å²) in [5.41, 5.74) is 5.36. The second-order valence-corrected chi connectivity index (χ2v) is 7.53. The number of para-hydroxylation sites is 2. The lowest BCUT2D eigenvalue weighted by molar-refractivity contribution is 0.112. The lowest BCUT2D eigenvalue weighted by atomic mass is 10.1. The van der Waals surface area contributed by atoms with E-state index in [1.165, 1.54) is 0 Å². The number of H-pyrrole nitrogens is 2. The van der Waals surface area contributed by atoms with Crippen LogP contribution in [0.5, 0.6) is 0 Å². The SMILES string of the molecule is O=Cc1c[nH]c2ccccc12.[C-]#[N+]C1=C([N+]#[C-])N=C(C=Cc2c[nH]c3ccccc23)CC(C)=N1. The van der Waals surface area contributed by atoms with Crippen molar-refractivity contribution in [2.45, 2.75) is 13.3 Å². The van der Waals surface area contributed by atoms with Crippen molar-refractivity contribution < 1.29 is 4.79 Å². The highest BCUT2D eigenvalue weighted by atomic mass is 16.1. The monoisotopic (exact) mass is 444 g/mol. The molecule has 0 radical (unpaired) electrons. The number of carbonyl (C=O) groups excluding carboxylic acids is 1. The molecule has 164 valence electrons. The molecule has 34 heavy (non-hydrogen) atoms. The van der Waals surface area contributed by atoms with Crippen molar-refractivity contribution in [1.29, 1.82) is 0 Å². The number of aromatic nitrogens is 2. The Morgan fingerprint density at radius 2 is 1.38 bits per heavy atom. The van der Waals surface area contributed by atoms with E-state index >= 15 is 0 Å². The summed E-state index contributed by atoms with van der Waals surface area (Å²) in [6.45, 7) is 16.1. The largest absolute Gasteiger partial charge is 0.370 e. The summed E-state index contributed by atoms with van der Waals surface area (Å²) in [5.74, 6) is 0.114. The van der Waals surface area contributed by atoms with Gasteiger partial charge in [0.1, 0.15) is 11.4 Å². The zero-order valence-corrected chi connectivity index (χ0v) is 18.4. The fraction of sp³-hybridized carbons (Fsp3) is 0.0741. The minimum Gasteiger partial charge on any atom is -0.370 e. The summed E-state index contributed by atoms with van der Waals surface area (Å²) >= 11 is 0. The van der Waals surface area contributed by atoms with Crippen molar-refractivity contribution in [2.75, 3.05) is 0 Å². The predicted octanol–water partition coefficient (Wildman–Crippen LogP) is 6.43. The first-order valence-electron chi connectivity index (χ1n) is 10.5. The van der Waals surface area contributed by atoms with Crippen molar-refractivity contribution in [1.82, 2.24) is 9.97 Å². The number of aldehydes is 1. The number of aliphatic imine (C=N–C) groups is 2. The van der Waals surface area contributed by atoms with Crippen LogP contribution < -0.4 is 0 Å².